The molecule has 1 aliphatic rings. The lowest BCUT2D eigenvalue weighted by Crippen LogP contribution is -2.22. The van der Waals surface area contributed by atoms with Gasteiger partial charge in [-0.25, -0.2) is 0 Å². The standard InChI is InChI=1S/C18H14N2/c1-2-16-14(11-19)7-5-8-17(16)15-10-13-6-3-4-9-18(13)20-12-15/h1,3-9,15,20H,10,12H2. The average molecular weight is 258 g/mol. The van der Waals surface area contributed by atoms with Crippen molar-refractivity contribution in [2.24, 2.45) is 0 Å². The summed E-state index contributed by atoms with van der Waals surface area (Å²) < 4.78 is 0. The fourth-order valence-corrected chi connectivity index (χ4v) is 2.83. The van der Waals surface area contributed by atoms with Crippen LogP contribution >= 0.6 is 0 Å². The summed E-state index contributed by atoms with van der Waals surface area (Å²) in [5.41, 5.74) is 4.91. The molecule has 0 amide bonds. The van der Waals surface area contributed by atoms with Gasteiger partial charge in [-0.15, -0.1) is 6.42 Å². The second kappa shape index (κ2) is 5.11. The summed E-state index contributed by atoms with van der Waals surface area (Å²) in [5.74, 6) is 3.00. The van der Waals surface area contributed by atoms with Crippen molar-refractivity contribution in [2.45, 2.75) is 12.3 Å². The number of nitriles is 1. The summed E-state index contributed by atoms with van der Waals surface area (Å²) in [7, 11) is 0. The molecule has 1 aliphatic heterocycles. The first kappa shape index (κ1) is 12.3. The van der Waals surface area contributed by atoms with Crippen LogP contribution in [0.2, 0.25) is 0 Å². The van der Waals surface area contributed by atoms with E-state index >= 15 is 0 Å². The normalized spacial score (nSPS) is 16.4. The molecule has 2 aromatic carbocycles. The van der Waals surface area contributed by atoms with E-state index in [2.05, 4.69) is 35.5 Å². The zero-order valence-electron chi connectivity index (χ0n) is 11.1. The van der Waals surface area contributed by atoms with E-state index in [1.807, 2.05) is 18.2 Å². The summed E-state index contributed by atoms with van der Waals surface area (Å²) in [4.78, 5) is 0. The Balaban J connectivity index is 2.01. The van der Waals surface area contributed by atoms with Gasteiger partial charge in [-0.2, -0.15) is 5.26 Å². The molecule has 0 saturated carbocycles. The van der Waals surface area contributed by atoms with E-state index in [0.717, 1.165) is 24.1 Å². The van der Waals surface area contributed by atoms with Gasteiger partial charge in [-0.05, 0) is 29.7 Å². The van der Waals surface area contributed by atoms with Crippen LogP contribution in [0, 0.1) is 23.7 Å². The molecule has 0 radical (unpaired) electrons. The Bertz CT molecular complexity index is 732. The summed E-state index contributed by atoms with van der Waals surface area (Å²) in [6, 6.07) is 16.2. The van der Waals surface area contributed by atoms with E-state index < -0.39 is 0 Å². The molecule has 2 aromatic rings. The third-order valence-electron chi connectivity index (χ3n) is 3.82. The molecule has 1 N–H and O–H groups in total. The van der Waals surface area contributed by atoms with E-state index in [4.69, 9.17) is 11.7 Å². The Kier molecular flexibility index (Phi) is 3.15. The van der Waals surface area contributed by atoms with Gasteiger partial charge in [0.15, 0.2) is 0 Å². The lowest BCUT2D eigenvalue weighted by Gasteiger charge is -2.27. The van der Waals surface area contributed by atoms with Crippen LogP contribution < -0.4 is 5.32 Å². The quantitative estimate of drug-likeness (QED) is 0.797. The van der Waals surface area contributed by atoms with Gasteiger partial charge < -0.3 is 5.32 Å². The molecule has 0 aromatic heterocycles. The highest BCUT2D eigenvalue weighted by Gasteiger charge is 2.22. The van der Waals surface area contributed by atoms with E-state index in [1.54, 1.807) is 6.07 Å². The van der Waals surface area contributed by atoms with Crippen molar-refractivity contribution in [1.29, 1.82) is 5.26 Å². The van der Waals surface area contributed by atoms with Crippen LogP contribution in [0.1, 0.15) is 28.2 Å². The molecule has 1 heterocycles. The molecule has 0 saturated heterocycles. The van der Waals surface area contributed by atoms with Crippen molar-refractivity contribution >= 4 is 5.69 Å². The Hall–Kier alpha value is -2.71. The topological polar surface area (TPSA) is 35.8 Å². The Morgan fingerprint density at radius 1 is 1.15 bits per heavy atom. The third-order valence-corrected chi connectivity index (χ3v) is 3.82. The maximum absolute atomic E-state index is 9.17. The predicted octanol–water partition coefficient (Wildman–Crippen LogP) is 3.29. The van der Waals surface area contributed by atoms with Crippen molar-refractivity contribution in [3.63, 3.8) is 0 Å². The van der Waals surface area contributed by atoms with Crippen LogP contribution in [-0.4, -0.2) is 6.54 Å². The van der Waals surface area contributed by atoms with Gasteiger partial charge in [-0.1, -0.05) is 36.3 Å². The van der Waals surface area contributed by atoms with Crippen molar-refractivity contribution in [1.82, 2.24) is 0 Å². The van der Waals surface area contributed by atoms with Gasteiger partial charge in [0, 0.05) is 23.7 Å². The van der Waals surface area contributed by atoms with Gasteiger partial charge in [-0.3, -0.25) is 0 Å². The molecular formula is C18H14N2. The van der Waals surface area contributed by atoms with Crippen LogP contribution in [0.25, 0.3) is 0 Å². The first-order valence-electron chi connectivity index (χ1n) is 6.65. The number of anilines is 1. The van der Waals surface area contributed by atoms with Crippen LogP contribution in [0.5, 0.6) is 0 Å². The zero-order valence-corrected chi connectivity index (χ0v) is 11.1. The average Bonchev–Trinajstić information content (AvgIpc) is 2.53. The van der Waals surface area contributed by atoms with Crippen molar-refractivity contribution in [3.8, 4) is 18.4 Å². The maximum Gasteiger partial charge on any atom is 0.100 e. The van der Waals surface area contributed by atoms with Crippen LogP contribution in [0.15, 0.2) is 42.5 Å². The van der Waals surface area contributed by atoms with Gasteiger partial charge in [0.05, 0.1) is 5.56 Å². The molecule has 0 spiro atoms. The van der Waals surface area contributed by atoms with Gasteiger partial charge in [0.1, 0.15) is 6.07 Å². The lowest BCUT2D eigenvalue weighted by atomic mass is 9.84. The minimum absolute atomic E-state index is 0.309. The highest BCUT2D eigenvalue weighted by Crippen LogP contribution is 2.32. The molecule has 96 valence electrons. The maximum atomic E-state index is 9.17. The fourth-order valence-electron chi connectivity index (χ4n) is 2.83. The lowest BCUT2D eigenvalue weighted by molar-refractivity contribution is 0.693. The molecule has 0 bridgehead atoms. The first-order chi connectivity index (χ1) is 9.83. The summed E-state index contributed by atoms with van der Waals surface area (Å²) >= 11 is 0. The number of benzene rings is 2. The van der Waals surface area contributed by atoms with Crippen molar-refractivity contribution < 1.29 is 0 Å². The molecule has 3 rings (SSSR count). The SMILES string of the molecule is C#Cc1c(C#N)cccc1C1CNc2ccccc2C1. The van der Waals surface area contributed by atoms with Crippen molar-refractivity contribution in [2.75, 3.05) is 11.9 Å². The number of fused-ring (bicyclic) bond motifs is 1. The number of terminal acetylenes is 1. The number of hydrogen-bond acceptors (Lipinski definition) is 2. The largest absolute Gasteiger partial charge is 0.384 e. The Labute approximate surface area is 119 Å². The van der Waals surface area contributed by atoms with Gasteiger partial charge in [0.25, 0.3) is 0 Å². The van der Waals surface area contributed by atoms with Crippen LogP contribution in [-0.2, 0) is 6.42 Å². The monoisotopic (exact) mass is 258 g/mol. The molecule has 1 unspecified atom stereocenters. The molecule has 0 aliphatic carbocycles. The smallest absolute Gasteiger partial charge is 0.100 e. The minimum Gasteiger partial charge on any atom is -0.384 e. The summed E-state index contributed by atoms with van der Waals surface area (Å²) in [5, 5.41) is 12.6. The van der Waals surface area contributed by atoms with Crippen LogP contribution in [0.3, 0.4) is 0 Å². The third kappa shape index (κ3) is 2.02. The summed E-state index contributed by atoms with van der Waals surface area (Å²) in [6.07, 6.45) is 6.56. The second-order valence-electron chi connectivity index (χ2n) is 4.97. The molecule has 0 fully saturated rings. The highest BCUT2D eigenvalue weighted by molar-refractivity contribution is 5.58. The van der Waals surface area contributed by atoms with Crippen LogP contribution in [0.4, 0.5) is 5.69 Å². The minimum atomic E-state index is 0.309. The summed E-state index contributed by atoms with van der Waals surface area (Å²) in [6.45, 7) is 0.848. The highest BCUT2D eigenvalue weighted by atomic mass is 14.9. The number of nitrogens with one attached hydrogen (secondary N) is 1. The van der Waals surface area contributed by atoms with E-state index in [-0.39, 0.29) is 0 Å². The van der Waals surface area contributed by atoms with E-state index in [0.29, 0.717) is 11.5 Å². The van der Waals surface area contributed by atoms with Gasteiger partial charge >= 0.3 is 0 Å². The fraction of sp³-hybridized carbons (Fsp3) is 0.167. The number of rotatable bonds is 1. The van der Waals surface area contributed by atoms with E-state index in [9.17, 15) is 0 Å². The van der Waals surface area contributed by atoms with Gasteiger partial charge in [0.2, 0.25) is 0 Å². The molecular weight excluding hydrogens is 244 g/mol. The second-order valence-corrected chi connectivity index (χ2v) is 4.97. The molecule has 1 atom stereocenters. The molecule has 20 heavy (non-hydrogen) atoms. The Morgan fingerprint density at radius 2 is 2.00 bits per heavy atom. The number of para-hydroxylation sites is 1. The first-order valence-corrected chi connectivity index (χ1v) is 6.65. The molecule has 2 heteroatoms. The number of nitrogens with zero attached hydrogens (tertiary/aromatic N) is 1. The predicted molar refractivity (Wildman–Crippen MR) is 80.5 cm³/mol. The number of hydrogen-bond donors (Lipinski definition) is 1. The Morgan fingerprint density at radius 3 is 2.80 bits per heavy atom. The van der Waals surface area contributed by atoms with Crippen molar-refractivity contribution in [3.05, 3.63) is 64.7 Å². The molecule has 2 nitrogen and oxygen atoms in total. The zero-order chi connectivity index (χ0) is 13.9. The van der Waals surface area contributed by atoms with E-state index in [1.165, 1.54) is 11.3 Å².